The molecule has 0 bridgehead atoms. The van der Waals surface area contributed by atoms with Gasteiger partial charge in [0.05, 0.1) is 13.2 Å². The first-order valence-corrected chi connectivity index (χ1v) is 5.84. The highest BCUT2D eigenvalue weighted by atomic mass is 16.5. The van der Waals surface area contributed by atoms with E-state index in [-0.39, 0.29) is 11.9 Å². The Bertz CT molecular complexity index is 350. The Hall–Kier alpha value is -1.46. The van der Waals surface area contributed by atoms with Crippen LogP contribution in [-0.4, -0.2) is 43.2 Å². The van der Waals surface area contributed by atoms with E-state index in [1.54, 1.807) is 12.4 Å². The molecule has 1 aromatic rings. The minimum absolute atomic E-state index is 0.0127. The third kappa shape index (κ3) is 3.80. The zero-order valence-electron chi connectivity index (χ0n) is 9.69. The highest BCUT2D eigenvalue weighted by Gasteiger charge is 2.20. The molecule has 0 aromatic carbocycles. The molecule has 0 saturated carbocycles. The number of amides is 1. The van der Waals surface area contributed by atoms with Crippen LogP contribution in [0.3, 0.4) is 0 Å². The first-order valence-electron chi connectivity index (χ1n) is 5.84. The van der Waals surface area contributed by atoms with Gasteiger partial charge in [-0.25, -0.2) is 0 Å². The molecular weight excluding hydrogens is 218 g/mol. The summed E-state index contributed by atoms with van der Waals surface area (Å²) in [5.41, 5.74) is 1.17. The smallest absolute Gasteiger partial charge is 0.239 e. The summed E-state index contributed by atoms with van der Waals surface area (Å²) in [6.45, 7) is 2.52. The molecule has 5 heteroatoms. The molecule has 2 heterocycles. The van der Waals surface area contributed by atoms with E-state index in [0.29, 0.717) is 19.8 Å². The molecular formula is C12H17N3O2. The lowest BCUT2D eigenvalue weighted by Gasteiger charge is -2.22. The maximum Gasteiger partial charge on any atom is 0.239 e. The number of rotatable bonds is 4. The van der Waals surface area contributed by atoms with Gasteiger partial charge in [0.25, 0.3) is 0 Å². The van der Waals surface area contributed by atoms with Crippen LogP contribution in [0.2, 0.25) is 0 Å². The fraction of sp³-hybridized carbons (Fsp3) is 0.500. The zero-order valence-corrected chi connectivity index (χ0v) is 9.69. The van der Waals surface area contributed by atoms with Crippen molar-refractivity contribution >= 4 is 5.91 Å². The Balaban J connectivity index is 1.69. The lowest BCUT2D eigenvalue weighted by atomic mass is 10.2. The quantitative estimate of drug-likeness (QED) is 0.754. The molecule has 1 aromatic heterocycles. The first kappa shape index (κ1) is 12.0. The Kier molecular flexibility index (Phi) is 4.46. The van der Waals surface area contributed by atoms with Crippen LogP contribution in [0, 0.1) is 0 Å². The van der Waals surface area contributed by atoms with Gasteiger partial charge in [-0.3, -0.25) is 9.78 Å². The minimum atomic E-state index is -0.207. The second kappa shape index (κ2) is 6.32. The summed E-state index contributed by atoms with van der Waals surface area (Å²) in [5, 5.41) is 6.02. The Morgan fingerprint density at radius 3 is 3.06 bits per heavy atom. The summed E-state index contributed by atoms with van der Waals surface area (Å²) in [6.07, 6.45) is 4.34. The number of nitrogens with zero attached hydrogens (tertiary/aromatic N) is 1. The molecule has 1 unspecified atom stereocenters. The summed E-state index contributed by atoms with van der Waals surface area (Å²) in [7, 11) is 0. The predicted octanol–water partition coefficient (Wildman–Crippen LogP) is -0.271. The highest BCUT2D eigenvalue weighted by molar-refractivity contribution is 5.81. The SMILES string of the molecule is O=C(NCCc1ccncc1)C1COCCN1. The topological polar surface area (TPSA) is 63.2 Å². The summed E-state index contributed by atoms with van der Waals surface area (Å²) < 4.78 is 5.24. The van der Waals surface area contributed by atoms with E-state index in [4.69, 9.17) is 4.74 Å². The van der Waals surface area contributed by atoms with E-state index in [0.717, 1.165) is 13.0 Å². The second-order valence-corrected chi connectivity index (χ2v) is 3.98. The number of hydrogen-bond acceptors (Lipinski definition) is 4. The van der Waals surface area contributed by atoms with E-state index in [1.807, 2.05) is 12.1 Å². The number of pyridine rings is 1. The number of nitrogens with one attached hydrogen (secondary N) is 2. The molecule has 0 aliphatic carbocycles. The van der Waals surface area contributed by atoms with E-state index < -0.39 is 0 Å². The van der Waals surface area contributed by atoms with Gasteiger partial charge < -0.3 is 15.4 Å². The molecule has 2 rings (SSSR count). The van der Waals surface area contributed by atoms with Crippen LogP contribution in [0.15, 0.2) is 24.5 Å². The van der Waals surface area contributed by atoms with Gasteiger partial charge in [-0.05, 0) is 24.1 Å². The molecule has 1 aliphatic heterocycles. The van der Waals surface area contributed by atoms with Crippen LogP contribution in [0.4, 0.5) is 0 Å². The van der Waals surface area contributed by atoms with Gasteiger partial charge in [0, 0.05) is 25.5 Å². The third-order valence-corrected chi connectivity index (χ3v) is 2.70. The normalized spacial score (nSPS) is 19.9. The van der Waals surface area contributed by atoms with Crippen LogP contribution >= 0.6 is 0 Å². The maximum absolute atomic E-state index is 11.7. The number of morpholine rings is 1. The third-order valence-electron chi connectivity index (χ3n) is 2.70. The second-order valence-electron chi connectivity index (χ2n) is 3.98. The number of carbonyl (C=O) groups is 1. The molecule has 5 nitrogen and oxygen atoms in total. The zero-order chi connectivity index (χ0) is 11.9. The molecule has 2 N–H and O–H groups in total. The van der Waals surface area contributed by atoms with Crippen LogP contribution in [-0.2, 0) is 16.0 Å². The lowest BCUT2D eigenvalue weighted by molar-refractivity contribution is -0.125. The van der Waals surface area contributed by atoms with Gasteiger partial charge in [-0.1, -0.05) is 0 Å². The van der Waals surface area contributed by atoms with E-state index in [9.17, 15) is 4.79 Å². The van der Waals surface area contributed by atoms with Crippen LogP contribution < -0.4 is 10.6 Å². The fourth-order valence-electron chi connectivity index (χ4n) is 1.74. The molecule has 0 radical (unpaired) electrons. The molecule has 1 amide bonds. The van der Waals surface area contributed by atoms with Crippen molar-refractivity contribution in [2.75, 3.05) is 26.3 Å². The van der Waals surface area contributed by atoms with Crippen molar-refractivity contribution in [1.82, 2.24) is 15.6 Å². The summed E-state index contributed by atoms with van der Waals surface area (Å²) in [6, 6.07) is 3.70. The van der Waals surface area contributed by atoms with Crippen LogP contribution in [0.5, 0.6) is 0 Å². The van der Waals surface area contributed by atoms with Gasteiger partial charge >= 0.3 is 0 Å². The monoisotopic (exact) mass is 235 g/mol. The van der Waals surface area contributed by atoms with Gasteiger partial charge in [0.15, 0.2) is 0 Å². The highest BCUT2D eigenvalue weighted by Crippen LogP contribution is 1.97. The van der Waals surface area contributed by atoms with Gasteiger partial charge in [0.2, 0.25) is 5.91 Å². The summed E-state index contributed by atoms with van der Waals surface area (Å²) in [4.78, 5) is 15.7. The van der Waals surface area contributed by atoms with Crippen molar-refractivity contribution < 1.29 is 9.53 Å². The van der Waals surface area contributed by atoms with E-state index in [1.165, 1.54) is 5.56 Å². The van der Waals surface area contributed by atoms with Gasteiger partial charge in [-0.15, -0.1) is 0 Å². The molecule has 1 aliphatic rings. The summed E-state index contributed by atoms with van der Waals surface area (Å²) >= 11 is 0. The van der Waals surface area contributed by atoms with E-state index in [2.05, 4.69) is 15.6 Å². The van der Waals surface area contributed by atoms with Gasteiger partial charge in [-0.2, -0.15) is 0 Å². The fourth-order valence-corrected chi connectivity index (χ4v) is 1.74. The Morgan fingerprint density at radius 2 is 2.35 bits per heavy atom. The van der Waals surface area contributed by atoms with Crippen LogP contribution in [0.1, 0.15) is 5.56 Å². The number of aromatic nitrogens is 1. The van der Waals surface area contributed by atoms with Crippen molar-refractivity contribution in [3.05, 3.63) is 30.1 Å². The van der Waals surface area contributed by atoms with Crippen LogP contribution in [0.25, 0.3) is 0 Å². The average molecular weight is 235 g/mol. The Morgan fingerprint density at radius 1 is 1.53 bits per heavy atom. The van der Waals surface area contributed by atoms with Crippen molar-refractivity contribution in [3.8, 4) is 0 Å². The number of carbonyl (C=O) groups excluding carboxylic acids is 1. The standard InChI is InChI=1S/C12H17N3O2/c16-12(11-9-17-8-7-14-11)15-6-3-10-1-4-13-5-2-10/h1-2,4-5,11,14H,3,6-9H2,(H,15,16). The first-order chi connectivity index (χ1) is 8.36. The lowest BCUT2D eigenvalue weighted by Crippen LogP contribution is -2.51. The van der Waals surface area contributed by atoms with Crippen molar-refractivity contribution in [3.63, 3.8) is 0 Å². The number of ether oxygens (including phenoxy) is 1. The molecule has 0 spiro atoms. The Labute approximate surface area is 101 Å². The maximum atomic E-state index is 11.7. The molecule has 1 fully saturated rings. The molecule has 92 valence electrons. The predicted molar refractivity (Wildman–Crippen MR) is 63.6 cm³/mol. The van der Waals surface area contributed by atoms with Crippen molar-refractivity contribution in [1.29, 1.82) is 0 Å². The minimum Gasteiger partial charge on any atom is -0.378 e. The van der Waals surface area contributed by atoms with Crippen molar-refractivity contribution in [2.24, 2.45) is 0 Å². The molecule has 17 heavy (non-hydrogen) atoms. The van der Waals surface area contributed by atoms with Crippen molar-refractivity contribution in [2.45, 2.75) is 12.5 Å². The summed E-state index contributed by atoms with van der Waals surface area (Å²) in [5.74, 6) is 0.0127. The van der Waals surface area contributed by atoms with Gasteiger partial charge in [0.1, 0.15) is 6.04 Å². The molecule has 1 saturated heterocycles. The van der Waals surface area contributed by atoms with E-state index >= 15 is 0 Å². The average Bonchev–Trinajstić information content (AvgIpc) is 2.41. The molecule has 1 atom stereocenters. The largest absolute Gasteiger partial charge is 0.378 e. The number of hydrogen-bond donors (Lipinski definition) is 2.